The third-order valence-electron chi connectivity index (χ3n) is 2.81. The van der Waals surface area contributed by atoms with Gasteiger partial charge >= 0.3 is 0 Å². The minimum Gasteiger partial charge on any atom is -0.493 e. The molecule has 0 aliphatic rings. The number of aryl methyl sites for hydroxylation is 1. The molecule has 0 unspecified atom stereocenters. The summed E-state index contributed by atoms with van der Waals surface area (Å²) in [7, 11) is 0. The number of hydrogen-bond donors (Lipinski definition) is 1. The van der Waals surface area contributed by atoms with Crippen LogP contribution in [0.3, 0.4) is 0 Å². The summed E-state index contributed by atoms with van der Waals surface area (Å²) in [6.07, 6.45) is 0.986. The molecule has 106 valence electrons. The lowest BCUT2D eigenvalue weighted by atomic mass is 10.1. The SMILES string of the molecule is CCCOc1ccccc1-c1cc(C)nc(NCC)n1. The highest BCUT2D eigenvalue weighted by Gasteiger charge is 2.09. The summed E-state index contributed by atoms with van der Waals surface area (Å²) in [6.45, 7) is 7.62. The van der Waals surface area contributed by atoms with Gasteiger partial charge in [0.15, 0.2) is 0 Å². The van der Waals surface area contributed by atoms with Gasteiger partial charge in [0.25, 0.3) is 0 Å². The third-order valence-corrected chi connectivity index (χ3v) is 2.81. The first-order valence-electron chi connectivity index (χ1n) is 7.06. The number of para-hydroxylation sites is 1. The van der Waals surface area contributed by atoms with Crippen molar-refractivity contribution >= 4 is 5.95 Å². The van der Waals surface area contributed by atoms with Crippen LogP contribution in [0.2, 0.25) is 0 Å². The molecule has 0 bridgehead atoms. The molecule has 0 amide bonds. The van der Waals surface area contributed by atoms with Crippen molar-refractivity contribution in [1.29, 1.82) is 0 Å². The predicted octanol–water partition coefficient (Wildman–Crippen LogP) is 3.67. The maximum absolute atomic E-state index is 5.80. The van der Waals surface area contributed by atoms with Gasteiger partial charge in [0, 0.05) is 17.8 Å². The third kappa shape index (κ3) is 3.47. The van der Waals surface area contributed by atoms with Gasteiger partial charge in [-0.15, -0.1) is 0 Å². The summed E-state index contributed by atoms with van der Waals surface area (Å²) in [5, 5.41) is 3.16. The lowest BCUT2D eigenvalue weighted by Gasteiger charge is -2.12. The second-order valence-electron chi connectivity index (χ2n) is 4.59. The molecule has 1 aromatic carbocycles. The number of ether oxygens (including phenoxy) is 1. The fraction of sp³-hybridized carbons (Fsp3) is 0.375. The molecule has 1 aromatic heterocycles. The highest BCUT2D eigenvalue weighted by molar-refractivity contribution is 5.68. The maximum Gasteiger partial charge on any atom is 0.223 e. The lowest BCUT2D eigenvalue weighted by Crippen LogP contribution is -2.04. The van der Waals surface area contributed by atoms with Crippen molar-refractivity contribution in [3.05, 3.63) is 36.0 Å². The number of nitrogens with one attached hydrogen (secondary N) is 1. The second-order valence-corrected chi connectivity index (χ2v) is 4.59. The van der Waals surface area contributed by atoms with Crippen molar-refractivity contribution in [2.45, 2.75) is 27.2 Å². The Hall–Kier alpha value is -2.10. The van der Waals surface area contributed by atoms with Gasteiger partial charge in [-0.05, 0) is 38.5 Å². The van der Waals surface area contributed by atoms with Crippen LogP contribution in [-0.4, -0.2) is 23.1 Å². The van der Waals surface area contributed by atoms with Crippen molar-refractivity contribution in [2.75, 3.05) is 18.5 Å². The van der Waals surface area contributed by atoms with Crippen LogP contribution in [0.25, 0.3) is 11.3 Å². The molecule has 2 rings (SSSR count). The van der Waals surface area contributed by atoms with Gasteiger partial charge in [0.1, 0.15) is 5.75 Å². The second kappa shape index (κ2) is 6.89. The molecule has 0 fully saturated rings. The van der Waals surface area contributed by atoms with Crippen molar-refractivity contribution in [3.63, 3.8) is 0 Å². The Balaban J connectivity index is 2.40. The molecule has 4 nitrogen and oxygen atoms in total. The zero-order chi connectivity index (χ0) is 14.4. The average Bonchev–Trinajstić information content (AvgIpc) is 2.45. The van der Waals surface area contributed by atoms with Crippen molar-refractivity contribution < 1.29 is 4.74 Å². The van der Waals surface area contributed by atoms with E-state index in [9.17, 15) is 0 Å². The first-order chi connectivity index (χ1) is 9.74. The van der Waals surface area contributed by atoms with Gasteiger partial charge in [-0.1, -0.05) is 19.1 Å². The molecular weight excluding hydrogens is 250 g/mol. The summed E-state index contributed by atoms with van der Waals surface area (Å²) in [5.41, 5.74) is 2.84. The zero-order valence-electron chi connectivity index (χ0n) is 12.3. The molecule has 0 saturated heterocycles. The number of anilines is 1. The van der Waals surface area contributed by atoms with Gasteiger partial charge in [-0.3, -0.25) is 0 Å². The van der Waals surface area contributed by atoms with E-state index in [1.165, 1.54) is 0 Å². The molecule has 1 heterocycles. The van der Waals surface area contributed by atoms with E-state index in [2.05, 4.69) is 22.2 Å². The molecule has 0 spiro atoms. The topological polar surface area (TPSA) is 47.0 Å². The molecule has 0 atom stereocenters. The predicted molar refractivity (Wildman–Crippen MR) is 82.2 cm³/mol. The van der Waals surface area contributed by atoms with Crippen LogP contribution in [0.4, 0.5) is 5.95 Å². The molecule has 1 N–H and O–H groups in total. The molecule has 0 radical (unpaired) electrons. The minimum atomic E-state index is 0.660. The van der Waals surface area contributed by atoms with Gasteiger partial charge in [-0.2, -0.15) is 0 Å². The Labute approximate surface area is 120 Å². The Morgan fingerprint density at radius 2 is 1.95 bits per heavy atom. The van der Waals surface area contributed by atoms with Gasteiger partial charge in [0.05, 0.1) is 12.3 Å². The highest BCUT2D eigenvalue weighted by Crippen LogP contribution is 2.29. The van der Waals surface area contributed by atoms with Gasteiger partial charge in [-0.25, -0.2) is 9.97 Å². The summed E-state index contributed by atoms with van der Waals surface area (Å²) in [4.78, 5) is 8.94. The standard InChI is InChI=1S/C16H21N3O/c1-4-10-20-15-9-7-6-8-13(15)14-11-12(3)18-16(19-14)17-5-2/h6-9,11H,4-5,10H2,1-3H3,(H,17,18,19). The maximum atomic E-state index is 5.80. The minimum absolute atomic E-state index is 0.660. The normalized spacial score (nSPS) is 10.3. The molecule has 0 aliphatic heterocycles. The van der Waals surface area contributed by atoms with Crippen LogP contribution < -0.4 is 10.1 Å². The molecule has 20 heavy (non-hydrogen) atoms. The summed E-state index contributed by atoms with van der Waals surface area (Å²) in [5.74, 6) is 1.53. The van der Waals surface area contributed by atoms with Crippen LogP contribution in [0, 0.1) is 6.92 Å². The smallest absolute Gasteiger partial charge is 0.223 e. The molecule has 4 heteroatoms. The van der Waals surface area contributed by atoms with Crippen LogP contribution in [-0.2, 0) is 0 Å². The number of hydrogen-bond acceptors (Lipinski definition) is 4. The summed E-state index contributed by atoms with van der Waals surface area (Å²) in [6, 6.07) is 9.97. The van der Waals surface area contributed by atoms with Crippen molar-refractivity contribution in [2.24, 2.45) is 0 Å². The summed E-state index contributed by atoms with van der Waals surface area (Å²) >= 11 is 0. The fourth-order valence-corrected chi connectivity index (χ4v) is 1.96. The van der Waals surface area contributed by atoms with Gasteiger partial charge in [0.2, 0.25) is 5.95 Å². The Bertz CT molecular complexity index is 569. The van der Waals surface area contributed by atoms with Gasteiger partial charge < -0.3 is 10.1 Å². The van der Waals surface area contributed by atoms with E-state index in [1.807, 2.05) is 44.2 Å². The quantitative estimate of drug-likeness (QED) is 0.870. The lowest BCUT2D eigenvalue weighted by molar-refractivity contribution is 0.318. The van der Waals surface area contributed by atoms with E-state index in [0.29, 0.717) is 12.6 Å². The molecule has 0 aliphatic carbocycles. The number of benzene rings is 1. The first kappa shape index (κ1) is 14.3. The van der Waals surface area contributed by atoms with E-state index < -0.39 is 0 Å². The van der Waals surface area contributed by atoms with Crippen LogP contribution in [0.1, 0.15) is 26.0 Å². The fourth-order valence-electron chi connectivity index (χ4n) is 1.96. The van der Waals surface area contributed by atoms with Crippen LogP contribution >= 0.6 is 0 Å². The van der Waals surface area contributed by atoms with Crippen LogP contribution in [0.15, 0.2) is 30.3 Å². The van der Waals surface area contributed by atoms with E-state index in [4.69, 9.17) is 4.74 Å². The Kier molecular flexibility index (Phi) is 4.93. The van der Waals surface area contributed by atoms with E-state index in [0.717, 1.165) is 35.7 Å². The van der Waals surface area contributed by atoms with Crippen molar-refractivity contribution in [3.8, 4) is 17.0 Å². The largest absolute Gasteiger partial charge is 0.493 e. The van der Waals surface area contributed by atoms with Crippen molar-refractivity contribution in [1.82, 2.24) is 9.97 Å². The number of nitrogens with zero attached hydrogens (tertiary/aromatic N) is 2. The first-order valence-corrected chi connectivity index (χ1v) is 7.06. The van der Waals surface area contributed by atoms with E-state index in [1.54, 1.807) is 0 Å². The average molecular weight is 271 g/mol. The Morgan fingerprint density at radius 3 is 2.70 bits per heavy atom. The molecular formula is C16H21N3O. The highest BCUT2D eigenvalue weighted by atomic mass is 16.5. The molecule has 0 saturated carbocycles. The zero-order valence-corrected chi connectivity index (χ0v) is 12.3. The monoisotopic (exact) mass is 271 g/mol. The van der Waals surface area contributed by atoms with Crippen LogP contribution in [0.5, 0.6) is 5.75 Å². The molecule has 2 aromatic rings. The van der Waals surface area contributed by atoms with E-state index in [-0.39, 0.29) is 0 Å². The number of rotatable bonds is 6. The number of aromatic nitrogens is 2. The Morgan fingerprint density at radius 1 is 1.15 bits per heavy atom. The van der Waals surface area contributed by atoms with E-state index >= 15 is 0 Å². The summed E-state index contributed by atoms with van der Waals surface area (Å²) < 4.78 is 5.80.